The maximum atomic E-state index is 13.3. The molecule has 3 rings (SSSR count). The molecule has 192 valence electrons. The first kappa shape index (κ1) is 26.9. The standard InChI is InChI=1S/C28H35N3O5/c1-18-11-10-14-21(19(18)2)22(16-25(32)33)29-26(34)23-15-24(36-17-28(6,35)27(3,4)5)31(30-23)20-12-8-7-9-13-20/h7-15,22,35H,16-17H2,1-6H3,(H,29,34)(H,32,33)/t22-,28+/m0/s1. The van der Waals surface area contributed by atoms with Gasteiger partial charge in [0.2, 0.25) is 5.88 Å². The van der Waals surface area contributed by atoms with Crippen LogP contribution >= 0.6 is 0 Å². The molecule has 2 atom stereocenters. The Hall–Kier alpha value is -3.65. The van der Waals surface area contributed by atoms with Crippen molar-refractivity contribution in [2.45, 2.75) is 59.6 Å². The Labute approximate surface area is 211 Å². The lowest BCUT2D eigenvalue weighted by Gasteiger charge is -2.36. The lowest BCUT2D eigenvalue weighted by Crippen LogP contribution is -2.45. The minimum absolute atomic E-state index is 0.0137. The highest BCUT2D eigenvalue weighted by molar-refractivity contribution is 5.93. The average molecular weight is 494 g/mol. The van der Waals surface area contributed by atoms with E-state index in [0.29, 0.717) is 5.69 Å². The van der Waals surface area contributed by atoms with Crippen molar-refractivity contribution in [1.82, 2.24) is 15.1 Å². The highest BCUT2D eigenvalue weighted by Gasteiger charge is 2.36. The molecule has 8 nitrogen and oxygen atoms in total. The van der Waals surface area contributed by atoms with E-state index in [2.05, 4.69) is 10.4 Å². The van der Waals surface area contributed by atoms with Crippen LogP contribution in [0.5, 0.6) is 5.88 Å². The summed E-state index contributed by atoms with van der Waals surface area (Å²) in [5.74, 6) is -1.26. The first-order valence-electron chi connectivity index (χ1n) is 11.9. The molecule has 1 aromatic heterocycles. The number of hydrogen-bond donors (Lipinski definition) is 3. The van der Waals surface area contributed by atoms with E-state index in [4.69, 9.17) is 4.74 Å². The van der Waals surface area contributed by atoms with Crippen molar-refractivity contribution in [2.24, 2.45) is 5.41 Å². The summed E-state index contributed by atoms with van der Waals surface area (Å²) in [6.45, 7) is 11.3. The molecule has 0 unspecified atom stereocenters. The second-order valence-electron chi connectivity index (χ2n) is 10.3. The van der Waals surface area contributed by atoms with Crippen LogP contribution in [0, 0.1) is 19.3 Å². The third kappa shape index (κ3) is 6.12. The highest BCUT2D eigenvalue weighted by atomic mass is 16.5. The number of carbonyl (C=O) groups is 2. The molecule has 2 aromatic carbocycles. The number of benzene rings is 2. The number of para-hydroxylation sites is 1. The van der Waals surface area contributed by atoms with Gasteiger partial charge >= 0.3 is 5.97 Å². The highest BCUT2D eigenvalue weighted by Crippen LogP contribution is 2.31. The van der Waals surface area contributed by atoms with Gasteiger partial charge in [0.25, 0.3) is 5.91 Å². The number of aliphatic carboxylic acids is 1. The molecule has 0 saturated carbocycles. The van der Waals surface area contributed by atoms with E-state index in [1.807, 2.05) is 83.1 Å². The number of carbonyl (C=O) groups excluding carboxylic acids is 1. The number of nitrogens with one attached hydrogen (secondary N) is 1. The first-order chi connectivity index (χ1) is 16.8. The summed E-state index contributed by atoms with van der Waals surface area (Å²) in [5, 5.41) is 27.7. The number of nitrogens with zero attached hydrogens (tertiary/aromatic N) is 2. The number of aryl methyl sites for hydroxylation is 1. The Morgan fingerprint density at radius 3 is 2.33 bits per heavy atom. The van der Waals surface area contributed by atoms with Gasteiger partial charge < -0.3 is 20.3 Å². The predicted molar refractivity (Wildman–Crippen MR) is 138 cm³/mol. The summed E-state index contributed by atoms with van der Waals surface area (Å²) in [6, 6.07) is 15.6. The summed E-state index contributed by atoms with van der Waals surface area (Å²) >= 11 is 0. The normalized spacial score (nSPS) is 14.1. The third-order valence-electron chi connectivity index (χ3n) is 6.73. The average Bonchev–Trinajstić information content (AvgIpc) is 3.23. The lowest BCUT2D eigenvalue weighted by molar-refractivity contribution is -0.137. The van der Waals surface area contributed by atoms with Gasteiger partial charge in [-0.1, -0.05) is 57.2 Å². The van der Waals surface area contributed by atoms with Crippen molar-refractivity contribution in [3.63, 3.8) is 0 Å². The molecule has 0 saturated heterocycles. The largest absolute Gasteiger partial charge is 0.481 e. The molecule has 3 aromatic rings. The van der Waals surface area contributed by atoms with E-state index >= 15 is 0 Å². The van der Waals surface area contributed by atoms with Crippen LogP contribution in [-0.4, -0.2) is 44.1 Å². The van der Waals surface area contributed by atoms with Gasteiger partial charge in [-0.2, -0.15) is 5.10 Å². The smallest absolute Gasteiger partial charge is 0.305 e. The third-order valence-corrected chi connectivity index (χ3v) is 6.73. The molecule has 0 spiro atoms. The van der Waals surface area contributed by atoms with Gasteiger partial charge in [0.05, 0.1) is 18.2 Å². The first-order valence-corrected chi connectivity index (χ1v) is 11.9. The number of amides is 1. The van der Waals surface area contributed by atoms with Crippen molar-refractivity contribution in [3.05, 3.63) is 77.0 Å². The van der Waals surface area contributed by atoms with Gasteiger partial charge in [0.1, 0.15) is 12.2 Å². The molecule has 1 heterocycles. The van der Waals surface area contributed by atoms with E-state index in [1.165, 1.54) is 10.7 Å². The molecule has 0 bridgehead atoms. The minimum Gasteiger partial charge on any atom is -0.481 e. The molecule has 0 aliphatic rings. The molecule has 0 aliphatic heterocycles. The molecular formula is C28H35N3O5. The van der Waals surface area contributed by atoms with Gasteiger partial charge in [0, 0.05) is 6.07 Å². The summed E-state index contributed by atoms with van der Waals surface area (Å²) in [6.07, 6.45) is -0.271. The SMILES string of the molecule is Cc1cccc([C@H](CC(=O)O)NC(=O)c2cc(OC[C@@](C)(O)C(C)(C)C)n(-c3ccccc3)n2)c1C. The number of aliphatic hydroxyl groups is 1. The number of hydrogen-bond acceptors (Lipinski definition) is 5. The second kappa shape index (κ2) is 10.5. The fourth-order valence-corrected chi connectivity index (χ4v) is 3.56. The van der Waals surface area contributed by atoms with E-state index in [0.717, 1.165) is 16.7 Å². The summed E-state index contributed by atoms with van der Waals surface area (Å²) in [4.78, 5) is 24.9. The van der Waals surface area contributed by atoms with Crippen LogP contribution in [0.4, 0.5) is 0 Å². The Morgan fingerprint density at radius 1 is 1.06 bits per heavy atom. The Morgan fingerprint density at radius 2 is 1.72 bits per heavy atom. The van der Waals surface area contributed by atoms with Gasteiger partial charge in [0.15, 0.2) is 5.69 Å². The molecular weight excluding hydrogens is 458 g/mol. The van der Waals surface area contributed by atoms with Crippen molar-refractivity contribution < 1.29 is 24.5 Å². The molecule has 3 N–H and O–H groups in total. The number of aromatic nitrogens is 2. The zero-order chi connectivity index (χ0) is 26.7. The number of carboxylic acids is 1. The van der Waals surface area contributed by atoms with E-state index < -0.39 is 28.9 Å². The van der Waals surface area contributed by atoms with E-state index in [1.54, 1.807) is 6.92 Å². The molecule has 0 aliphatic carbocycles. The van der Waals surface area contributed by atoms with Crippen molar-refractivity contribution in [2.75, 3.05) is 6.61 Å². The quantitative estimate of drug-likeness (QED) is 0.401. The fourth-order valence-electron chi connectivity index (χ4n) is 3.56. The van der Waals surface area contributed by atoms with Crippen LogP contribution < -0.4 is 10.1 Å². The zero-order valence-corrected chi connectivity index (χ0v) is 21.7. The van der Waals surface area contributed by atoms with E-state index in [9.17, 15) is 19.8 Å². The fraction of sp³-hybridized carbons (Fsp3) is 0.393. The Balaban J connectivity index is 1.94. The number of ether oxygens (including phenoxy) is 1. The van der Waals surface area contributed by atoms with Crippen molar-refractivity contribution >= 4 is 11.9 Å². The minimum atomic E-state index is -1.14. The van der Waals surface area contributed by atoms with Crippen LogP contribution in [0.2, 0.25) is 0 Å². The van der Waals surface area contributed by atoms with Crippen LogP contribution in [0.25, 0.3) is 5.69 Å². The monoisotopic (exact) mass is 493 g/mol. The van der Waals surface area contributed by atoms with Crippen molar-refractivity contribution in [1.29, 1.82) is 0 Å². The molecule has 1 amide bonds. The number of carboxylic acid groups (broad SMARTS) is 1. The summed E-state index contributed by atoms with van der Waals surface area (Å²) < 4.78 is 7.48. The molecule has 8 heteroatoms. The second-order valence-corrected chi connectivity index (χ2v) is 10.3. The number of rotatable bonds is 9. The van der Waals surface area contributed by atoms with E-state index in [-0.39, 0.29) is 24.6 Å². The molecule has 0 radical (unpaired) electrons. The maximum Gasteiger partial charge on any atom is 0.305 e. The summed E-state index contributed by atoms with van der Waals surface area (Å²) in [7, 11) is 0. The van der Waals surface area contributed by atoms with Crippen LogP contribution in [0.3, 0.4) is 0 Å². The molecule has 36 heavy (non-hydrogen) atoms. The molecule has 0 fully saturated rings. The van der Waals surface area contributed by atoms with Gasteiger partial charge in [-0.05, 0) is 55.0 Å². The van der Waals surface area contributed by atoms with Gasteiger partial charge in [-0.3, -0.25) is 9.59 Å². The Bertz CT molecular complexity index is 1230. The van der Waals surface area contributed by atoms with Gasteiger partial charge in [-0.15, -0.1) is 0 Å². The maximum absolute atomic E-state index is 13.3. The zero-order valence-electron chi connectivity index (χ0n) is 21.7. The van der Waals surface area contributed by atoms with Gasteiger partial charge in [-0.25, -0.2) is 4.68 Å². The topological polar surface area (TPSA) is 114 Å². The van der Waals surface area contributed by atoms with Crippen LogP contribution in [0.1, 0.15) is 67.3 Å². The predicted octanol–water partition coefficient (Wildman–Crippen LogP) is 4.61. The lowest BCUT2D eigenvalue weighted by atomic mass is 9.78. The van der Waals surface area contributed by atoms with Crippen molar-refractivity contribution in [3.8, 4) is 11.6 Å². The van der Waals surface area contributed by atoms with Crippen LogP contribution in [0.15, 0.2) is 54.6 Å². The Kier molecular flexibility index (Phi) is 7.89. The summed E-state index contributed by atoms with van der Waals surface area (Å²) in [5.41, 5.74) is 1.84. The van der Waals surface area contributed by atoms with Crippen LogP contribution in [-0.2, 0) is 4.79 Å².